The summed E-state index contributed by atoms with van der Waals surface area (Å²) in [5, 5.41) is 0.856. The minimum Gasteiger partial charge on any atom is -0.369 e. The van der Waals surface area contributed by atoms with Gasteiger partial charge in [0.25, 0.3) is 0 Å². The lowest BCUT2D eigenvalue weighted by atomic mass is 10.0. The van der Waals surface area contributed by atoms with Gasteiger partial charge >= 0.3 is 0 Å². The monoisotopic (exact) mass is 209 g/mol. The minimum atomic E-state index is 0.579. The lowest BCUT2D eigenvalue weighted by Gasteiger charge is -2.34. The first-order chi connectivity index (χ1) is 6.68. The average molecular weight is 210 g/mol. The number of rotatable bonds is 1. The quantitative estimate of drug-likeness (QED) is 0.685. The van der Waals surface area contributed by atoms with Crippen LogP contribution in [0.5, 0.6) is 0 Å². The highest BCUT2D eigenvalue weighted by Gasteiger charge is 2.18. The number of nitrogens with zero attached hydrogens (tertiary/aromatic N) is 1. The van der Waals surface area contributed by atoms with Crippen molar-refractivity contribution in [2.45, 2.75) is 32.7 Å². The molecule has 1 aromatic rings. The van der Waals surface area contributed by atoms with Gasteiger partial charge in [0.05, 0.1) is 0 Å². The molecule has 0 spiro atoms. The van der Waals surface area contributed by atoms with Crippen molar-refractivity contribution in [1.82, 2.24) is 0 Å². The molecule has 1 nitrogen and oxygen atoms in total. The number of anilines is 1. The zero-order valence-corrected chi connectivity index (χ0v) is 9.51. The molecule has 76 valence electrons. The molecule has 1 aliphatic heterocycles. The highest BCUT2D eigenvalue weighted by Crippen LogP contribution is 2.30. The number of hydrogen-bond acceptors (Lipinski definition) is 1. The van der Waals surface area contributed by atoms with E-state index < -0.39 is 0 Å². The minimum absolute atomic E-state index is 0.579. The van der Waals surface area contributed by atoms with Crippen LogP contribution in [0.2, 0.25) is 5.02 Å². The third kappa shape index (κ3) is 1.74. The van der Waals surface area contributed by atoms with Gasteiger partial charge in [-0.3, -0.25) is 0 Å². The molecule has 0 aliphatic carbocycles. The summed E-state index contributed by atoms with van der Waals surface area (Å²) in [6.07, 6.45) is 2.41. The van der Waals surface area contributed by atoms with Crippen molar-refractivity contribution >= 4 is 17.3 Å². The first kappa shape index (κ1) is 9.85. The van der Waals surface area contributed by atoms with E-state index in [0.717, 1.165) is 5.02 Å². The Labute approximate surface area is 90.7 Å². The van der Waals surface area contributed by atoms with Crippen molar-refractivity contribution in [2.75, 3.05) is 11.4 Å². The van der Waals surface area contributed by atoms with Crippen LogP contribution in [0.4, 0.5) is 5.69 Å². The predicted molar refractivity (Wildman–Crippen MR) is 62.3 cm³/mol. The number of halogens is 1. The first-order valence-corrected chi connectivity index (χ1v) is 5.61. The number of aryl methyl sites for hydroxylation is 1. The fourth-order valence-corrected chi connectivity index (χ4v) is 2.33. The van der Waals surface area contributed by atoms with E-state index in [9.17, 15) is 0 Å². The fraction of sp³-hybridized carbons (Fsp3) is 0.500. The van der Waals surface area contributed by atoms with Crippen molar-refractivity contribution in [2.24, 2.45) is 0 Å². The van der Waals surface area contributed by atoms with E-state index in [2.05, 4.69) is 30.9 Å². The van der Waals surface area contributed by atoms with Gasteiger partial charge in [-0.05, 0) is 50.5 Å². The SMILES string of the molecule is CC(C)N1CCCc2cc(Cl)ccc21. The van der Waals surface area contributed by atoms with Crippen LogP contribution in [0.15, 0.2) is 18.2 Å². The van der Waals surface area contributed by atoms with E-state index in [4.69, 9.17) is 11.6 Å². The van der Waals surface area contributed by atoms with Crippen molar-refractivity contribution in [3.63, 3.8) is 0 Å². The molecule has 0 N–H and O–H groups in total. The Kier molecular flexibility index (Phi) is 2.69. The normalized spacial score (nSPS) is 15.9. The van der Waals surface area contributed by atoms with E-state index in [1.54, 1.807) is 0 Å². The molecule has 0 aromatic heterocycles. The molecule has 0 saturated heterocycles. The molecule has 0 radical (unpaired) electrons. The van der Waals surface area contributed by atoms with Crippen molar-refractivity contribution in [3.05, 3.63) is 28.8 Å². The Bertz CT molecular complexity index is 333. The highest BCUT2D eigenvalue weighted by atomic mass is 35.5. The van der Waals surface area contributed by atoms with Crippen LogP contribution in [0, 0.1) is 0 Å². The van der Waals surface area contributed by atoms with E-state index in [1.165, 1.54) is 30.6 Å². The van der Waals surface area contributed by atoms with Gasteiger partial charge in [0, 0.05) is 23.3 Å². The van der Waals surface area contributed by atoms with Crippen LogP contribution in [0.1, 0.15) is 25.8 Å². The second kappa shape index (κ2) is 3.82. The van der Waals surface area contributed by atoms with Gasteiger partial charge in [0.2, 0.25) is 0 Å². The number of fused-ring (bicyclic) bond motifs is 1. The van der Waals surface area contributed by atoms with Gasteiger partial charge in [-0.15, -0.1) is 0 Å². The molecular weight excluding hydrogens is 194 g/mol. The summed E-state index contributed by atoms with van der Waals surface area (Å²) < 4.78 is 0. The molecule has 14 heavy (non-hydrogen) atoms. The van der Waals surface area contributed by atoms with Gasteiger partial charge in [-0.25, -0.2) is 0 Å². The van der Waals surface area contributed by atoms with Gasteiger partial charge in [0.15, 0.2) is 0 Å². The summed E-state index contributed by atoms with van der Waals surface area (Å²) in [5.74, 6) is 0. The molecule has 0 fully saturated rings. The van der Waals surface area contributed by atoms with E-state index in [1.807, 2.05) is 6.07 Å². The lowest BCUT2D eigenvalue weighted by molar-refractivity contribution is 0.626. The molecule has 0 saturated carbocycles. The Morgan fingerprint density at radius 1 is 1.36 bits per heavy atom. The van der Waals surface area contributed by atoms with E-state index in [0.29, 0.717) is 6.04 Å². The second-order valence-corrected chi connectivity index (χ2v) is 4.60. The molecule has 0 atom stereocenters. The standard InChI is InChI=1S/C12H16ClN/c1-9(2)14-7-3-4-10-8-11(13)5-6-12(10)14/h5-6,8-9H,3-4,7H2,1-2H3. The van der Waals surface area contributed by atoms with Crippen molar-refractivity contribution in [3.8, 4) is 0 Å². The Hall–Kier alpha value is -0.690. The van der Waals surface area contributed by atoms with Gasteiger partial charge in [-0.1, -0.05) is 11.6 Å². The third-order valence-corrected chi connectivity index (χ3v) is 3.05. The zero-order chi connectivity index (χ0) is 10.1. The first-order valence-electron chi connectivity index (χ1n) is 5.23. The molecule has 1 heterocycles. The van der Waals surface area contributed by atoms with Crippen LogP contribution in [-0.2, 0) is 6.42 Å². The zero-order valence-electron chi connectivity index (χ0n) is 8.76. The maximum atomic E-state index is 5.99. The maximum absolute atomic E-state index is 5.99. The molecule has 1 aliphatic rings. The molecule has 0 unspecified atom stereocenters. The molecule has 0 amide bonds. The second-order valence-electron chi connectivity index (χ2n) is 4.16. The van der Waals surface area contributed by atoms with Crippen molar-refractivity contribution < 1.29 is 0 Å². The Morgan fingerprint density at radius 2 is 2.14 bits per heavy atom. The largest absolute Gasteiger partial charge is 0.369 e. The van der Waals surface area contributed by atoms with Gasteiger partial charge < -0.3 is 4.90 Å². The van der Waals surface area contributed by atoms with Crippen molar-refractivity contribution in [1.29, 1.82) is 0 Å². The fourth-order valence-electron chi connectivity index (χ4n) is 2.13. The molecule has 2 rings (SSSR count). The molecule has 0 bridgehead atoms. The summed E-state index contributed by atoms with van der Waals surface area (Å²) >= 11 is 5.99. The van der Waals surface area contributed by atoms with Crippen LogP contribution in [0.3, 0.4) is 0 Å². The molecule has 2 heteroatoms. The Balaban J connectivity index is 2.40. The maximum Gasteiger partial charge on any atom is 0.0410 e. The van der Waals surface area contributed by atoms with Crippen LogP contribution in [0.25, 0.3) is 0 Å². The third-order valence-electron chi connectivity index (χ3n) is 2.82. The van der Waals surface area contributed by atoms with Crippen LogP contribution < -0.4 is 4.90 Å². The smallest absolute Gasteiger partial charge is 0.0410 e. The topological polar surface area (TPSA) is 3.24 Å². The summed E-state index contributed by atoms with van der Waals surface area (Å²) in [6, 6.07) is 6.82. The number of hydrogen-bond donors (Lipinski definition) is 0. The van der Waals surface area contributed by atoms with E-state index in [-0.39, 0.29) is 0 Å². The lowest BCUT2D eigenvalue weighted by Crippen LogP contribution is -2.35. The summed E-state index contributed by atoms with van der Waals surface area (Å²) in [7, 11) is 0. The van der Waals surface area contributed by atoms with E-state index >= 15 is 0 Å². The predicted octanol–water partition coefficient (Wildman–Crippen LogP) is 3.50. The summed E-state index contributed by atoms with van der Waals surface area (Å²) in [5.41, 5.74) is 2.77. The highest BCUT2D eigenvalue weighted by molar-refractivity contribution is 6.30. The number of benzene rings is 1. The Morgan fingerprint density at radius 3 is 2.86 bits per heavy atom. The molecule has 1 aromatic carbocycles. The summed E-state index contributed by atoms with van der Waals surface area (Å²) in [6.45, 7) is 5.65. The molecular formula is C12H16ClN. The van der Waals surface area contributed by atoms with Crippen LogP contribution in [-0.4, -0.2) is 12.6 Å². The van der Waals surface area contributed by atoms with Crippen LogP contribution >= 0.6 is 11.6 Å². The van der Waals surface area contributed by atoms with Gasteiger partial charge in [-0.2, -0.15) is 0 Å². The van der Waals surface area contributed by atoms with Gasteiger partial charge in [0.1, 0.15) is 0 Å². The summed E-state index contributed by atoms with van der Waals surface area (Å²) in [4.78, 5) is 2.45. The average Bonchev–Trinajstić information content (AvgIpc) is 2.16.